The predicted molar refractivity (Wildman–Crippen MR) is 82.6 cm³/mol. The summed E-state index contributed by atoms with van der Waals surface area (Å²) in [4.78, 5) is 18.5. The van der Waals surface area contributed by atoms with Crippen molar-refractivity contribution in [2.45, 2.75) is 18.9 Å². The minimum Gasteiger partial charge on any atom is -0.383 e. The van der Waals surface area contributed by atoms with Gasteiger partial charge in [-0.05, 0) is 45.1 Å². The second-order valence-corrected chi connectivity index (χ2v) is 5.40. The summed E-state index contributed by atoms with van der Waals surface area (Å²) in [6.45, 7) is 3.23. The standard InChI is InChI=1S/C15H24N4O2/c1-19-8-5-13(6-9-19)18-14-4-3-12(11-17-14)15(20)16-7-10-21-2/h3-4,11,13H,5-10H2,1-2H3,(H,16,20)(H,17,18). The Kier molecular flexibility index (Phi) is 5.95. The van der Waals surface area contributed by atoms with Crippen LogP contribution >= 0.6 is 0 Å². The quantitative estimate of drug-likeness (QED) is 0.765. The predicted octanol–water partition coefficient (Wildman–Crippen LogP) is 0.964. The van der Waals surface area contributed by atoms with Gasteiger partial charge in [0.25, 0.3) is 5.91 Å². The highest BCUT2D eigenvalue weighted by atomic mass is 16.5. The molecule has 0 atom stereocenters. The van der Waals surface area contributed by atoms with Crippen molar-refractivity contribution in [1.82, 2.24) is 15.2 Å². The van der Waals surface area contributed by atoms with Crippen LogP contribution in [0.25, 0.3) is 0 Å². The molecule has 0 radical (unpaired) electrons. The van der Waals surface area contributed by atoms with Crippen molar-refractivity contribution in [3.63, 3.8) is 0 Å². The number of carbonyl (C=O) groups excluding carboxylic acids is 1. The Morgan fingerprint density at radius 1 is 1.43 bits per heavy atom. The van der Waals surface area contributed by atoms with E-state index in [-0.39, 0.29) is 5.91 Å². The summed E-state index contributed by atoms with van der Waals surface area (Å²) in [5, 5.41) is 6.21. The third-order valence-corrected chi connectivity index (χ3v) is 3.69. The van der Waals surface area contributed by atoms with E-state index in [1.54, 1.807) is 19.4 Å². The van der Waals surface area contributed by atoms with Crippen LogP contribution in [0.2, 0.25) is 0 Å². The summed E-state index contributed by atoms with van der Waals surface area (Å²) in [5.74, 6) is 0.711. The molecule has 1 fully saturated rings. The zero-order valence-electron chi connectivity index (χ0n) is 12.8. The van der Waals surface area contributed by atoms with Crippen molar-refractivity contribution in [2.75, 3.05) is 45.7 Å². The monoisotopic (exact) mass is 292 g/mol. The molecule has 0 aliphatic carbocycles. The molecule has 0 aromatic carbocycles. The van der Waals surface area contributed by atoms with Gasteiger partial charge in [-0.15, -0.1) is 0 Å². The van der Waals surface area contributed by atoms with Gasteiger partial charge in [0.1, 0.15) is 5.82 Å². The number of piperidine rings is 1. The summed E-state index contributed by atoms with van der Waals surface area (Å²) in [6, 6.07) is 4.13. The molecule has 6 heteroatoms. The number of pyridine rings is 1. The first-order valence-electron chi connectivity index (χ1n) is 7.37. The molecule has 1 saturated heterocycles. The Balaban J connectivity index is 1.82. The molecule has 2 N–H and O–H groups in total. The van der Waals surface area contributed by atoms with Gasteiger partial charge in [-0.25, -0.2) is 4.98 Å². The van der Waals surface area contributed by atoms with E-state index in [9.17, 15) is 4.79 Å². The van der Waals surface area contributed by atoms with Crippen molar-refractivity contribution in [2.24, 2.45) is 0 Å². The van der Waals surface area contributed by atoms with Gasteiger partial charge in [0, 0.05) is 25.9 Å². The summed E-state index contributed by atoms with van der Waals surface area (Å²) in [7, 11) is 3.75. The van der Waals surface area contributed by atoms with Crippen LogP contribution in [0.5, 0.6) is 0 Å². The van der Waals surface area contributed by atoms with Gasteiger partial charge in [-0.3, -0.25) is 4.79 Å². The van der Waals surface area contributed by atoms with Gasteiger partial charge in [0.15, 0.2) is 0 Å². The van der Waals surface area contributed by atoms with E-state index >= 15 is 0 Å². The highest BCUT2D eigenvalue weighted by molar-refractivity contribution is 5.94. The number of carbonyl (C=O) groups is 1. The van der Waals surface area contributed by atoms with Crippen LogP contribution in [-0.2, 0) is 4.74 Å². The van der Waals surface area contributed by atoms with Crippen molar-refractivity contribution >= 4 is 11.7 Å². The van der Waals surface area contributed by atoms with E-state index in [4.69, 9.17) is 4.74 Å². The molecular weight excluding hydrogens is 268 g/mol. The fraction of sp³-hybridized carbons (Fsp3) is 0.600. The fourth-order valence-corrected chi connectivity index (χ4v) is 2.34. The Hall–Kier alpha value is -1.66. The van der Waals surface area contributed by atoms with Gasteiger partial charge in [-0.1, -0.05) is 0 Å². The van der Waals surface area contributed by atoms with E-state index in [1.807, 2.05) is 6.07 Å². The molecule has 2 heterocycles. The summed E-state index contributed by atoms with van der Waals surface area (Å²) >= 11 is 0. The lowest BCUT2D eigenvalue weighted by Gasteiger charge is -2.29. The number of nitrogens with zero attached hydrogens (tertiary/aromatic N) is 2. The number of likely N-dealkylation sites (tertiary alicyclic amines) is 1. The van der Waals surface area contributed by atoms with Crippen LogP contribution in [-0.4, -0.2) is 62.2 Å². The molecule has 116 valence electrons. The molecule has 0 bridgehead atoms. The Morgan fingerprint density at radius 2 is 2.19 bits per heavy atom. The highest BCUT2D eigenvalue weighted by Crippen LogP contribution is 2.14. The van der Waals surface area contributed by atoms with Crippen molar-refractivity contribution < 1.29 is 9.53 Å². The lowest BCUT2D eigenvalue weighted by Crippen LogP contribution is -2.36. The minimum atomic E-state index is -0.120. The molecule has 6 nitrogen and oxygen atoms in total. The van der Waals surface area contributed by atoms with Crippen molar-refractivity contribution in [3.05, 3.63) is 23.9 Å². The first-order valence-corrected chi connectivity index (χ1v) is 7.37. The second kappa shape index (κ2) is 7.95. The third kappa shape index (κ3) is 4.99. The average molecular weight is 292 g/mol. The van der Waals surface area contributed by atoms with Gasteiger partial charge in [0.05, 0.1) is 12.2 Å². The Labute approximate surface area is 125 Å². The van der Waals surface area contributed by atoms with Crippen LogP contribution in [0.1, 0.15) is 23.2 Å². The van der Waals surface area contributed by atoms with E-state index < -0.39 is 0 Å². The van der Waals surface area contributed by atoms with E-state index in [2.05, 4.69) is 27.6 Å². The summed E-state index contributed by atoms with van der Waals surface area (Å²) < 4.78 is 4.90. The zero-order valence-corrected chi connectivity index (χ0v) is 12.8. The number of methoxy groups -OCH3 is 1. The van der Waals surface area contributed by atoms with Crippen LogP contribution < -0.4 is 10.6 Å². The Morgan fingerprint density at radius 3 is 2.81 bits per heavy atom. The second-order valence-electron chi connectivity index (χ2n) is 5.40. The smallest absolute Gasteiger partial charge is 0.252 e. The van der Waals surface area contributed by atoms with Gasteiger partial charge >= 0.3 is 0 Å². The topological polar surface area (TPSA) is 66.5 Å². The number of ether oxygens (including phenoxy) is 1. The number of rotatable bonds is 6. The lowest BCUT2D eigenvalue weighted by atomic mass is 10.1. The lowest BCUT2D eigenvalue weighted by molar-refractivity contribution is 0.0937. The zero-order chi connectivity index (χ0) is 15.1. The maximum Gasteiger partial charge on any atom is 0.252 e. The number of amides is 1. The van der Waals surface area contributed by atoms with Crippen LogP contribution in [0.3, 0.4) is 0 Å². The molecule has 21 heavy (non-hydrogen) atoms. The highest BCUT2D eigenvalue weighted by Gasteiger charge is 2.16. The number of hydrogen-bond donors (Lipinski definition) is 2. The number of aromatic nitrogens is 1. The van der Waals surface area contributed by atoms with Crippen molar-refractivity contribution in [1.29, 1.82) is 0 Å². The largest absolute Gasteiger partial charge is 0.383 e. The molecule has 0 unspecified atom stereocenters. The summed E-state index contributed by atoms with van der Waals surface area (Å²) in [5.41, 5.74) is 0.569. The molecule has 1 amide bonds. The molecule has 2 rings (SSSR count). The summed E-state index contributed by atoms with van der Waals surface area (Å²) in [6.07, 6.45) is 3.86. The van der Waals surface area contributed by atoms with Gasteiger partial charge in [-0.2, -0.15) is 0 Å². The molecular formula is C15H24N4O2. The maximum atomic E-state index is 11.8. The van der Waals surface area contributed by atoms with E-state index in [0.717, 1.165) is 31.7 Å². The van der Waals surface area contributed by atoms with E-state index in [0.29, 0.717) is 24.8 Å². The fourth-order valence-electron chi connectivity index (χ4n) is 2.34. The maximum absolute atomic E-state index is 11.8. The number of hydrogen-bond acceptors (Lipinski definition) is 5. The van der Waals surface area contributed by atoms with Gasteiger partial charge < -0.3 is 20.3 Å². The SMILES string of the molecule is COCCNC(=O)c1ccc(NC2CCN(C)CC2)nc1. The number of nitrogens with one attached hydrogen (secondary N) is 2. The number of anilines is 1. The minimum absolute atomic E-state index is 0.120. The molecule has 1 aromatic rings. The molecule has 0 saturated carbocycles. The molecule has 0 spiro atoms. The van der Waals surface area contributed by atoms with Gasteiger partial charge in [0.2, 0.25) is 0 Å². The normalized spacial score (nSPS) is 16.7. The van der Waals surface area contributed by atoms with Crippen LogP contribution in [0.4, 0.5) is 5.82 Å². The third-order valence-electron chi connectivity index (χ3n) is 3.69. The van der Waals surface area contributed by atoms with Crippen LogP contribution in [0, 0.1) is 0 Å². The molecule has 1 aromatic heterocycles. The van der Waals surface area contributed by atoms with Crippen LogP contribution in [0.15, 0.2) is 18.3 Å². The molecule has 1 aliphatic rings. The molecule has 1 aliphatic heterocycles. The first kappa shape index (κ1) is 15.7. The van der Waals surface area contributed by atoms with Crippen molar-refractivity contribution in [3.8, 4) is 0 Å². The Bertz CT molecular complexity index is 441. The average Bonchev–Trinajstić information content (AvgIpc) is 2.50. The first-order chi connectivity index (χ1) is 10.2. The van der Waals surface area contributed by atoms with E-state index in [1.165, 1.54) is 0 Å².